The number of nitrogens with zero attached hydrogens (tertiary/aromatic N) is 1. The maximum absolute atomic E-state index is 11.6. The Bertz CT molecular complexity index is 1010. The summed E-state index contributed by atoms with van der Waals surface area (Å²) in [7, 11) is 6.31. The van der Waals surface area contributed by atoms with E-state index in [9.17, 15) is 4.79 Å². The number of carbonyl (C=O) groups excluding carboxylic acids is 1. The van der Waals surface area contributed by atoms with Crippen LogP contribution in [0.1, 0.15) is 6.92 Å². The Balaban J connectivity index is 2.12. The Morgan fingerprint density at radius 1 is 0.897 bits per heavy atom. The fraction of sp³-hybridized carbons (Fsp3) is 0.238. The monoisotopic (exact) mass is 462 g/mol. The van der Waals surface area contributed by atoms with Gasteiger partial charge in [-0.05, 0) is 0 Å². The zero-order chi connectivity index (χ0) is 21.0. The van der Waals surface area contributed by atoms with E-state index >= 15 is 0 Å². The van der Waals surface area contributed by atoms with E-state index < -0.39 is 0 Å². The summed E-state index contributed by atoms with van der Waals surface area (Å²) < 4.78 is 22.8. The number of methoxy groups -OCH3 is 4. The fourth-order valence-electron chi connectivity index (χ4n) is 3.01. The van der Waals surface area contributed by atoms with Crippen LogP contribution in [0.2, 0.25) is 0 Å². The molecular weight excluding hydrogens is 439 g/mol. The molecule has 0 aliphatic carbocycles. The molecule has 0 aliphatic rings. The molecule has 0 spiro atoms. The number of amides is 1. The van der Waals surface area contributed by atoms with E-state index in [0.29, 0.717) is 28.7 Å². The van der Waals surface area contributed by atoms with E-state index in [1.807, 2.05) is 35.4 Å². The number of rotatable bonds is 7. The minimum absolute atomic E-state index is 0.0395. The van der Waals surface area contributed by atoms with Gasteiger partial charge in [0.05, 0.1) is 0 Å². The summed E-state index contributed by atoms with van der Waals surface area (Å²) in [5.41, 5.74) is 3.29. The quantitative estimate of drug-likeness (QED) is 0.543. The van der Waals surface area contributed by atoms with Gasteiger partial charge in [0.1, 0.15) is 0 Å². The number of benzene rings is 2. The molecule has 1 aromatic heterocycles. The van der Waals surface area contributed by atoms with Crippen molar-refractivity contribution in [3.05, 3.63) is 35.4 Å². The van der Waals surface area contributed by atoms with E-state index in [2.05, 4.69) is 10.3 Å². The molecule has 0 radical (unpaired) electrons. The van der Waals surface area contributed by atoms with Gasteiger partial charge in [0.15, 0.2) is 0 Å². The molecule has 0 saturated carbocycles. The molecule has 3 aromatic rings. The third-order valence-electron chi connectivity index (χ3n) is 4.28. The van der Waals surface area contributed by atoms with Crippen molar-refractivity contribution in [3.8, 4) is 44.3 Å². The molecule has 29 heavy (non-hydrogen) atoms. The van der Waals surface area contributed by atoms with Crippen LogP contribution >= 0.6 is 0 Å². The van der Waals surface area contributed by atoms with E-state index in [1.165, 1.54) is 6.92 Å². The topological polar surface area (TPSA) is 78.9 Å². The summed E-state index contributed by atoms with van der Waals surface area (Å²) in [6.07, 6.45) is 0. The molecule has 0 fully saturated rings. The Labute approximate surface area is 175 Å². The average Bonchev–Trinajstić information content (AvgIpc) is 3.22. The van der Waals surface area contributed by atoms with Crippen LogP contribution in [0.5, 0.6) is 23.0 Å². The molecule has 0 atom stereocenters. The molecular formula is C21H22N2O5Se. The maximum atomic E-state index is 11.6. The minimum atomic E-state index is -0.160. The molecule has 0 unspecified atom stereocenters. The second kappa shape index (κ2) is 9.03. The molecule has 0 saturated heterocycles. The van der Waals surface area contributed by atoms with Gasteiger partial charge in [0, 0.05) is 0 Å². The first-order valence-corrected chi connectivity index (χ1v) is 10.6. The van der Waals surface area contributed by atoms with E-state index in [1.54, 1.807) is 28.4 Å². The van der Waals surface area contributed by atoms with Crippen molar-refractivity contribution in [2.75, 3.05) is 33.8 Å². The van der Waals surface area contributed by atoms with Crippen LogP contribution in [0.25, 0.3) is 21.3 Å². The van der Waals surface area contributed by atoms with Gasteiger partial charge in [-0.2, -0.15) is 0 Å². The molecule has 3 rings (SSSR count). The molecule has 0 bridgehead atoms. The summed E-state index contributed by atoms with van der Waals surface area (Å²) in [4.78, 5) is 16.2. The first kappa shape index (κ1) is 20.8. The third-order valence-corrected chi connectivity index (χ3v) is 6.11. The van der Waals surface area contributed by atoms with E-state index in [4.69, 9.17) is 18.9 Å². The van der Waals surface area contributed by atoms with Crippen molar-refractivity contribution in [1.29, 1.82) is 0 Å². The molecule has 8 heteroatoms. The second-order valence-corrected chi connectivity index (χ2v) is 7.83. The van der Waals surface area contributed by atoms with Crippen molar-refractivity contribution in [3.63, 3.8) is 0 Å². The van der Waals surface area contributed by atoms with Gasteiger partial charge in [-0.1, -0.05) is 0 Å². The summed E-state index contributed by atoms with van der Waals surface area (Å²) in [6, 6.07) is 9.48. The van der Waals surface area contributed by atoms with Crippen molar-refractivity contribution >= 4 is 26.1 Å². The van der Waals surface area contributed by atoms with Crippen molar-refractivity contribution in [2.45, 2.75) is 6.92 Å². The first-order chi connectivity index (χ1) is 14.0. The molecule has 2 aromatic carbocycles. The van der Waals surface area contributed by atoms with Crippen LogP contribution in [0.3, 0.4) is 0 Å². The standard InChI is InChI=1S/C21H22N2O5Se/c1-12(24)23-15-8-13(6-7-16(15)25-2)21-19(22-11-29-21)14-9-17(26-3)20(28-5)18(10-14)27-4/h6-11H,1-5H3,(H,23,24). The summed E-state index contributed by atoms with van der Waals surface area (Å²) >= 11 is 0.0395. The molecule has 7 nitrogen and oxygen atoms in total. The van der Waals surface area contributed by atoms with Gasteiger partial charge in [-0.15, -0.1) is 0 Å². The number of nitrogens with one attached hydrogen (secondary N) is 1. The Morgan fingerprint density at radius 3 is 2.10 bits per heavy atom. The predicted molar refractivity (Wildman–Crippen MR) is 113 cm³/mol. The van der Waals surface area contributed by atoms with Crippen LogP contribution in [-0.4, -0.2) is 53.8 Å². The van der Waals surface area contributed by atoms with E-state index in [-0.39, 0.29) is 20.4 Å². The number of anilines is 1. The Kier molecular flexibility index (Phi) is 6.46. The van der Waals surface area contributed by atoms with Crippen LogP contribution < -0.4 is 24.3 Å². The number of hydrogen-bond donors (Lipinski definition) is 1. The number of aromatic nitrogens is 1. The molecule has 1 heterocycles. The zero-order valence-electron chi connectivity index (χ0n) is 16.9. The Hall–Kier alpha value is -2.96. The van der Waals surface area contributed by atoms with Gasteiger partial charge in [-0.25, -0.2) is 0 Å². The number of ether oxygens (including phenoxy) is 4. The van der Waals surface area contributed by atoms with E-state index in [0.717, 1.165) is 21.3 Å². The second-order valence-electron chi connectivity index (χ2n) is 6.04. The fourth-order valence-corrected chi connectivity index (χ4v) is 4.71. The predicted octanol–water partition coefficient (Wildman–Crippen LogP) is 3.47. The number of carbonyl (C=O) groups is 1. The van der Waals surface area contributed by atoms with Crippen LogP contribution in [0, 0.1) is 0 Å². The SMILES string of the molecule is COc1ccc(-c2[se]cnc2-c2cc(OC)c(OC)c(OC)c2)cc1NC(C)=O. The Morgan fingerprint density at radius 2 is 1.55 bits per heavy atom. The van der Waals surface area contributed by atoms with Crippen LogP contribution in [0.4, 0.5) is 5.69 Å². The van der Waals surface area contributed by atoms with Crippen LogP contribution in [-0.2, 0) is 4.79 Å². The van der Waals surface area contributed by atoms with Crippen molar-refractivity contribution < 1.29 is 23.7 Å². The van der Waals surface area contributed by atoms with Crippen LogP contribution in [0.15, 0.2) is 35.4 Å². The van der Waals surface area contributed by atoms with Gasteiger partial charge >= 0.3 is 175 Å². The van der Waals surface area contributed by atoms with Gasteiger partial charge < -0.3 is 0 Å². The summed E-state index contributed by atoms with van der Waals surface area (Å²) in [6.45, 7) is 1.47. The van der Waals surface area contributed by atoms with Crippen molar-refractivity contribution in [2.24, 2.45) is 0 Å². The molecule has 0 aliphatic heterocycles. The summed E-state index contributed by atoms with van der Waals surface area (Å²) in [5.74, 6) is 2.11. The van der Waals surface area contributed by atoms with Crippen molar-refractivity contribution in [1.82, 2.24) is 4.98 Å². The zero-order valence-corrected chi connectivity index (χ0v) is 18.6. The van der Waals surface area contributed by atoms with Gasteiger partial charge in [0.2, 0.25) is 0 Å². The molecule has 152 valence electrons. The average molecular weight is 461 g/mol. The first-order valence-electron chi connectivity index (χ1n) is 8.72. The summed E-state index contributed by atoms with van der Waals surface area (Å²) in [5, 5.41) is 4.74. The normalized spacial score (nSPS) is 10.4. The number of hydrogen-bond acceptors (Lipinski definition) is 6. The third kappa shape index (κ3) is 4.23. The van der Waals surface area contributed by atoms with Gasteiger partial charge in [-0.3, -0.25) is 0 Å². The molecule has 1 amide bonds. The molecule has 1 N–H and O–H groups in total. The van der Waals surface area contributed by atoms with Gasteiger partial charge in [0.25, 0.3) is 0 Å².